The Morgan fingerprint density at radius 2 is 1.32 bits per heavy atom. The molecular weight excluding hydrogens is 270 g/mol. The Kier molecular flexibility index (Phi) is 11.7. The van der Waals surface area contributed by atoms with E-state index < -0.39 is 8.07 Å². The van der Waals surface area contributed by atoms with Gasteiger partial charge in [-0.05, 0) is 19.3 Å². The Hall–Kier alpha value is 0.467. The summed E-state index contributed by atoms with van der Waals surface area (Å²) in [7, 11) is 3.88. The number of rotatable bonds is 10. The van der Waals surface area contributed by atoms with Gasteiger partial charge < -0.3 is 16.9 Å². The van der Waals surface area contributed by atoms with Gasteiger partial charge in [-0.1, -0.05) is 59.2 Å². The van der Waals surface area contributed by atoms with Crippen LogP contribution in [0.25, 0.3) is 0 Å². The maximum absolute atomic E-state index is 2.53. The van der Waals surface area contributed by atoms with E-state index in [1.54, 1.807) is 0 Å². The fourth-order valence-corrected chi connectivity index (χ4v) is 7.06. The van der Waals surface area contributed by atoms with E-state index >= 15 is 0 Å². The average molecular weight is 308 g/mol. The molecule has 0 N–H and O–H groups in total. The van der Waals surface area contributed by atoms with Crippen LogP contribution in [0.4, 0.5) is 0 Å². The first-order valence-corrected chi connectivity index (χ1v) is 11.7. The number of quaternary nitrogens is 1. The summed E-state index contributed by atoms with van der Waals surface area (Å²) in [6.45, 7) is 13.6. The highest BCUT2D eigenvalue weighted by atomic mass is 35.5. The highest BCUT2D eigenvalue weighted by molar-refractivity contribution is 6.77. The van der Waals surface area contributed by atoms with Gasteiger partial charge in [-0.3, -0.25) is 0 Å². The molecule has 0 aliphatic heterocycles. The van der Waals surface area contributed by atoms with Gasteiger partial charge in [-0.15, -0.1) is 0 Å². The SMILES string of the molecule is CCCCCCCC[N+](C)(C)C(CC)[Si](C)(C)C.[Cl-]. The van der Waals surface area contributed by atoms with Gasteiger partial charge in [0.2, 0.25) is 0 Å². The molecule has 0 amide bonds. The van der Waals surface area contributed by atoms with E-state index in [4.69, 9.17) is 0 Å². The first-order valence-electron chi connectivity index (χ1n) is 8.08. The molecule has 0 fully saturated rings. The highest BCUT2D eigenvalue weighted by Gasteiger charge is 2.37. The van der Waals surface area contributed by atoms with Gasteiger partial charge >= 0.3 is 0 Å². The van der Waals surface area contributed by atoms with Crippen LogP contribution < -0.4 is 12.4 Å². The van der Waals surface area contributed by atoms with Crippen molar-refractivity contribution in [1.29, 1.82) is 0 Å². The third-order valence-electron chi connectivity index (χ3n) is 4.32. The molecule has 0 radical (unpaired) electrons. The lowest BCUT2D eigenvalue weighted by atomic mass is 10.1. The van der Waals surface area contributed by atoms with Gasteiger partial charge in [0.1, 0.15) is 8.07 Å². The Labute approximate surface area is 130 Å². The summed E-state index contributed by atoms with van der Waals surface area (Å²) in [5.41, 5.74) is 0.910. The van der Waals surface area contributed by atoms with Crippen molar-refractivity contribution < 1.29 is 16.9 Å². The molecule has 0 aliphatic rings. The maximum atomic E-state index is 2.53. The quantitative estimate of drug-likeness (QED) is 0.329. The molecule has 3 heteroatoms. The molecule has 1 nitrogen and oxygen atoms in total. The van der Waals surface area contributed by atoms with Crippen LogP contribution in [0.1, 0.15) is 58.8 Å². The molecule has 0 aromatic carbocycles. The summed E-state index contributed by atoms with van der Waals surface area (Å²) in [4.78, 5) is 0. The molecule has 0 aromatic heterocycles. The molecule has 0 aliphatic carbocycles. The molecule has 0 spiro atoms. The molecule has 1 atom stereocenters. The Morgan fingerprint density at radius 1 is 0.842 bits per heavy atom. The lowest BCUT2D eigenvalue weighted by Crippen LogP contribution is -3.00. The van der Waals surface area contributed by atoms with E-state index in [-0.39, 0.29) is 12.4 Å². The van der Waals surface area contributed by atoms with Crippen LogP contribution in [0.15, 0.2) is 0 Å². The maximum Gasteiger partial charge on any atom is 0.114 e. The average Bonchev–Trinajstić information content (AvgIpc) is 2.21. The van der Waals surface area contributed by atoms with E-state index in [0.29, 0.717) is 0 Å². The molecule has 0 bridgehead atoms. The van der Waals surface area contributed by atoms with Crippen molar-refractivity contribution >= 4 is 8.07 Å². The number of nitrogens with zero attached hydrogens (tertiary/aromatic N) is 1. The van der Waals surface area contributed by atoms with Gasteiger partial charge in [0, 0.05) is 0 Å². The highest BCUT2D eigenvalue weighted by Crippen LogP contribution is 2.23. The molecular formula is C16H38ClNSi. The minimum Gasteiger partial charge on any atom is -1.00 e. The lowest BCUT2D eigenvalue weighted by Gasteiger charge is -2.44. The van der Waals surface area contributed by atoms with Gasteiger partial charge in [0.15, 0.2) is 0 Å². The van der Waals surface area contributed by atoms with Crippen molar-refractivity contribution in [2.24, 2.45) is 0 Å². The number of hydrogen-bond donors (Lipinski definition) is 0. The standard InChI is InChI=1S/C16H38NSi.ClH/c1-8-10-11-12-13-14-15-17(3,4)16(9-2)18(5,6)7;/h16H,8-15H2,1-7H3;1H/q+1;/p-1. The Bertz CT molecular complexity index is 211. The number of halogens is 1. The smallest absolute Gasteiger partial charge is 0.114 e. The summed E-state index contributed by atoms with van der Waals surface area (Å²) >= 11 is 0. The summed E-state index contributed by atoms with van der Waals surface area (Å²) in [6.07, 6.45) is 9.85. The van der Waals surface area contributed by atoms with Crippen molar-refractivity contribution in [1.82, 2.24) is 0 Å². The van der Waals surface area contributed by atoms with Crippen molar-refractivity contribution in [3.8, 4) is 0 Å². The normalized spacial score (nSPS) is 14.1. The van der Waals surface area contributed by atoms with Crippen LogP contribution in [-0.4, -0.2) is 38.9 Å². The zero-order valence-corrected chi connectivity index (χ0v) is 16.3. The van der Waals surface area contributed by atoms with Gasteiger partial charge in [0.25, 0.3) is 0 Å². The molecule has 118 valence electrons. The lowest BCUT2D eigenvalue weighted by molar-refractivity contribution is -0.904. The van der Waals surface area contributed by atoms with Crippen LogP contribution in [-0.2, 0) is 0 Å². The summed E-state index contributed by atoms with van der Waals surface area (Å²) < 4.78 is 1.25. The number of hydrogen-bond acceptors (Lipinski definition) is 0. The predicted octanol–water partition coefficient (Wildman–Crippen LogP) is 2.08. The fraction of sp³-hybridized carbons (Fsp3) is 1.00. The monoisotopic (exact) mass is 307 g/mol. The van der Waals surface area contributed by atoms with Crippen molar-refractivity contribution in [2.75, 3.05) is 20.6 Å². The second-order valence-electron chi connectivity index (χ2n) is 7.56. The van der Waals surface area contributed by atoms with E-state index in [0.717, 1.165) is 5.67 Å². The summed E-state index contributed by atoms with van der Waals surface area (Å²) in [6, 6.07) is 0. The van der Waals surface area contributed by atoms with Crippen LogP contribution in [0, 0.1) is 0 Å². The number of unbranched alkanes of at least 4 members (excludes halogenated alkanes) is 5. The zero-order valence-electron chi connectivity index (χ0n) is 14.6. The van der Waals surface area contributed by atoms with Crippen LogP contribution in [0.5, 0.6) is 0 Å². The van der Waals surface area contributed by atoms with E-state index in [1.807, 2.05) is 0 Å². The van der Waals surface area contributed by atoms with Crippen molar-refractivity contribution in [3.05, 3.63) is 0 Å². The van der Waals surface area contributed by atoms with Crippen LogP contribution in [0.2, 0.25) is 19.6 Å². The summed E-state index contributed by atoms with van der Waals surface area (Å²) in [5, 5.41) is 0. The van der Waals surface area contributed by atoms with Gasteiger partial charge in [0.05, 0.1) is 26.3 Å². The summed E-state index contributed by atoms with van der Waals surface area (Å²) in [5.74, 6) is 0. The second-order valence-corrected chi connectivity index (χ2v) is 13.0. The molecule has 0 saturated heterocycles. The molecule has 0 rings (SSSR count). The minimum atomic E-state index is -1.03. The third kappa shape index (κ3) is 9.09. The molecule has 19 heavy (non-hydrogen) atoms. The fourth-order valence-electron chi connectivity index (χ4n) is 3.61. The van der Waals surface area contributed by atoms with Gasteiger partial charge in [-0.25, -0.2) is 0 Å². The molecule has 1 unspecified atom stereocenters. The Morgan fingerprint density at radius 3 is 1.74 bits per heavy atom. The molecule has 0 aromatic rings. The molecule has 0 heterocycles. The second kappa shape index (κ2) is 10.2. The van der Waals surface area contributed by atoms with Crippen LogP contribution >= 0.6 is 0 Å². The topological polar surface area (TPSA) is 0 Å². The van der Waals surface area contributed by atoms with Crippen molar-refractivity contribution in [2.45, 2.75) is 84.1 Å². The predicted molar refractivity (Wildman–Crippen MR) is 87.8 cm³/mol. The Balaban J connectivity index is 0. The van der Waals surface area contributed by atoms with Crippen molar-refractivity contribution in [3.63, 3.8) is 0 Å². The first-order chi connectivity index (χ1) is 8.25. The minimum absolute atomic E-state index is 0. The van der Waals surface area contributed by atoms with E-state index in [2.05, 4.69) is 47.6 Å². The third-order valence-corrected chi connectivity index (χ3v) is 7.42. The van der Waals surface area contributed by atoms with Gasteiger partial charge in [-0.2, -0.15) is 0 Å². The van der Waals surface area contributed by atoms with E-state index in [9.17, 15) is 0 Å². The largest absolute Gasteiger partial charge is 1.00 e. The molecule has 0 saturated carbocycles. The zero-order chi connectivity index (χ0) is 14.2. The first kappa shape index (κ1) is 21.8. The van der Waals surface area contributed by atoms with E-state index in [1.165, 1.54) is 56.0 Å². The van der Waals surface area contributed by atoms with Crippen LogP contribution in [0.3, 0.4) is 0 Å².